The van der Waals surface area contributed by atoms with Crippen molar-refractivity contribution in [2.75, 3.05) is 0 Å². The topological polar surface area (TPSA) is 63.6 Å². The summed E-state index contributed by atoms with van der Waals surface area (Å²) < 4.78 is 5.10. The zero-order valence-corrected chi connectivity index (χ0v) is 11.4. The molecule has 0 spiro atoms. The predicted octanol–water partition coefficient (Wildman–Crippen LogP) is 2.00. The van der Waals surface area contributed by atoms with Crippen LogP contribution in [0.3, 0.4) is 0 Å². The third kappa shape index (κ3) is 3.44. The van der Waals surface area contributed by atoms with Gasteiger partial charge in [0.1, 0.15) is 6.10 Å². The van der Waals surface area contributed by atoms with E-state index in [1.54, 1.807) is 12.2 Å². The molecule has 0 aromatic heterocycles. The van der Waals surface area contributed by atoms with E-state index in [9.17, 15) is 14.7 Å². The number of ketones is 1. The lowest BCUT2D eigenvalue weighted by molar-refractivity contribution is -0.156. The Morgan fingerprint density at radius 3 is 3.00 bits per heavy atom. The summed E-state index contributed by atoms with van der Waals surface area (Å²) in [6, 6.07) is 0. The molecule has 0 radical (unpaired) electrons. The highest BCUT2D eigenvalue weighted by molar-refractivity contribution is 5.89. The predicted molar refractivity (Wildman–Crippen MR) is 70.4 cm³/mol. The number of esters is 1. The molecule has 1 heterocycles. The first-order valence-corrected chi connectivity index (χ1v) is 7.20. The molecule has 2 fully saturated rings. The molecule has 0 unspecified atom stereocenters. The largest absolute Gasteiger partial charge is 0.460 e. The molecule has 1 aliphatic carbocycles. The summed E-state index contributed by atoms with van der Waals surface area (Å²) in [6.45, 7) is 2.10. The molecule has 4 heteroatoms. The molecule has 106 valence electrons. The van der Waals surface area contributed by atoms with Crippen LogP contribution in [-0.4, -0.2) is 29.1 Å². The van der Waals surface area contributed by atoms with Crippen LogP contribution in [-0.2, 0) is 14.3 Å². The van der Waals surface area contributed by atoms with Gasteiger partial charge in [-0.2, -0.15) is 0 Å². The van der Waals surface area contributed by atoms with Gasteiger partial charge in [-0.15, -0.1) is 0 Å². The van der Waals surface area contributed by atoms with E-state index in [-0.39, 0.29) is 29.7 Å². The van der Waals surface area contributed by atoms with Crippen LogP contribution in [0, 0.1) is 11.8 Å². The van der Waals surface area contributed by atoms with Crippen molar-refractivity contribution in [3.63, 3.8) is 0 Å². The minimum Gasteiger partial charge on any atom is -0.460 e. The summed E-state index contributed by atoms with van der Waals surface area (Å²) in [4.78, 5) is 23.0. The highest BCUT2D eigenvalue weighted by atomic mass is 16.6. The van der Waals surface area contributed by atoms with Gasteiger partial charge in [0, 0.05) is 18.8 Å². The number of aliphatic hydroxyl groups excluding tert-OH is 1. The molecule has 0 aromatic rings. The zero-order chi connectivity index (χ0) is 13.8. The SMILES string of the molecule is CCCCCC(=O)C=C[C@@H]1[C@@H]2CC(=O)O[C@@H](C2)[C@@H]1O. The van der Waals surface area contributed by atoms with Crippen LogP contribution >= 0.6 is 0 Å². The quantitative estimate of drug-likeness (QED) is 0.454. The van der Waals surface area contributed by atoms with Crippen LogP contribution in [0.25, 0.3) is 0 Å². The van der Waals surface area contributed by atoms with Gasteiger partial charge in [-0.25, -0.2) is 0 Å². The monoisotopic (exact) mass is 266 g/mol. The molecule has 4 atom stereocenters. The number of carbonyl (C=O) groups is 2. The second-order valence-corrected chi connectivity index (χ2v) is 5.58. The molecule has 1 saturated carbocycles. The van der Waals surface area contributed by atoms with Crippen LogP contribution in [0.5, 0.6) is 0 Å². The van der Waals surface area contributed by atoms with Gasteiger partial charge in [-0.05, 0) is 24.8 Å². The van der Waals surface area contributed by atoms with Gasteiger partial charge in [-0.3, -0.25) is 9.59 Å². The maximum Gasteiger partial charge on any atom is 0.306 e. The summed E-state index contributed by atoms with van der Waals surface area (Å²) >= 11 is 0. The number of fused-ring (bicyclic) bond motifs is 2. The van der Waals surface area contributed by atoms with Gasteiger partial charge in [-0.1, -0.05) is 25.8 Å². The second-order valence-electron chi connectivity index (χ2n) is 5.58. The summed E-state index contributed by atoms with van der Waals surface area (Å²) in [7, 11) is 0. The number of rotatable bonds is 6. The molecule has 4 nitrogen and oxygen atoms in total. The smallest absolute Gasteiger partial charge is 0.306 e. The number of unbranched alkanes of at least 4 members (excludes halogenated alkanes) is 2. The minimum atomic E-state index is -0.656. The van der Waals surface area contributed by atoms with Gasteiger partial charge in [0.25, 0.3) is 0 Å². The van der Waals surface area contributed by atoms with Crippen LogP contribution in [0.15, 0.2) is 12.2 Å². The van der Waals surface area contributed by atoms with Crippen molar-refractivity contribution in [2.24, 2.45) is 11.8 Å². The molecule has 1 saturated heterocycles. The van der Waals surface area contributed by atoms with Crippen molar-refractivity contribution in [1.82, 2.24) is 0 Å². The van der Waals surface area contributed by atoms with Gasteiger partial charge < -0.3 is 9.84 Å². The fourth-order valence-electron chi connectivity index (χ4n) is 3.01. The molecule has 0 aromatic carbocycles. The molecule has 1 N–H and O–H groups in total. The molecule has 0 amide bonds. The lowest BCUT2D eigenvalue weighted by Crippen LogP contribution is -2.28. The third-order valence-corrected chi connectivity index (χ3v) is 4.10. The van der Waals surface area contributed by atoms with Crippen molar-refractivity contribution in [1.29, 1.82) is 0 Å². The maximum atomic E-state index is 11.7. The van der Waals surface area contributed by atoms with Gasteiger partial charge >= 0.3 is 5.97 Å². The molecule has 2 aliphatic rings. The fourth-order valence-corrected chi connectivity index (χ4v) is 3.01. The Kier molecular flexibility index (Phi) is 4.75. The number of hydrogen-bond acceptors (Lipinski definition) is 4. The Labute approximate surface area is 113 Å². The summed E-state index contributed by atoms with van der Waals surface area (Å²) in [6.07, 6.45) is 7.04. The first-order valence-electron chi connectivity index (χ1n) is 7.20. The van der Waals surface area contributed by atoms with Crippen molar-refractivity contribution >= 4 is 11.8 Å². The van der Waals surface area contributed by atoms with Crippen LogP contribution in [0.2, 0.25) is 0 Å². The van der Waals surface area contributed by atoms with E-state index in [4.69, 9.17) is 4.74 Å². The standard InChI is InChI=1S/C15H22O4/c1-2-3-4-5-11(16)6-7-12-10-8-13(15(12)18)19-14(17)9-10/h6-7,10,12-13,15,18H,2-5,8-9H2,1H3/t10-,12+,13-,15+/m0/s1. The lowest BCUT2D eigenvalue weighted by atomic mass is 9.91. The molecule has 1 aliphatic heterocycles. The van der Waals surface area contributed by atoms with Crippen molar-refractivity contribution in [3.05, 3.63) is 12.2 Å². The summed E-state index contributed by atoms with van der Waals surface area (Å²) in [5.41, 5.74) is 0. The van der Waals surface area contributed by atoms with Gasteiger partial charge in [0.2, 0.25) is 0 Å². The normalized spacial score (nSPS) is 33.7. The number of aliphatic hydroxyl groups is 1. The molecular weight excluding hydrogens is 244 g/mol. The average Bonchev–Trinajstić information content (AvgIpc) is 2.59. The van der Waals surface area contributed by atoms with Crippen LogP contribution in [0.4, 0.5) is 0 Å². The number of allylic oxidation sites excluding steroid dienone is 1. The number of carbonyl (C=O) groups excluding carboxylic acids is 2. The van der Waals surface area contributed by atoms with Gasteiger partial charge in [0.15, 0.2) is 5.78 Å². The molecular formula is C15H22O4. The molecule has 2 bridgehead atoms. The number of hydrogen-bond donors (Lipinski definition) is 1. The average molecular weight is 266 g/mol. The Bertz CT molecular complexity index is 374. The zero-order valence-electron chi connectivity index (χ0n) is 11.4. The summed E-state index contributed by atoms with van der Waals surface area (Å²) in [5.74, 6) is -0.118. The Morgan fingerprint density at radius 1 is 1.47 bits per heavy atom. The van der Waals surface area contributed by atoms with E-state index >= 15 is 0 Å². The maximum absolute atomic E-state index is 11.7. The highest BCUT2D eigenvalue weighted by Gasteiger charge is 2.47. The van der Waals surface area contributed by atoms with E-state index < -0.39 is 6.10 Å². The first kappa shape index (κ1) is 14.3. The molecule has 2 rings (SSSR count). The summed E-state index contributed by atoms with van der Waals surface area (Å²) in [5, 5.41) is 10.1. The van der Waals surface area contributed by atoms with E-state index in [0.29, 0.717) is 19.3 Å². The van der Waals surface area contributed by atoms with Gasteiger partial charge in [0.05, 0.1) is 6.10 Å². The number of ether oxygens (including phenoxy) is 1. The van der Waals surface area contributed by atoms with E-state index in [2.05, 4.69) is 6.92 Å². The Hall–Kier alpha value is -1.16. The Morgan fingerprint density at radius 2 is 2.26 bits per heavy atom. The highest BCUT2D eigenvalue weighted by Crippen LogP contribution is 2.41. The lowest BCUT2D eigenvalue weighted by Gasteiger charge is -2.19. The Balaban J connectivity index is 1.88. The van der Waals surface area contributed by atoms with E-state index in [1.165, 1.54) is 0 Å². The minimum absolute atomic E-state index is 0.106. The first-order chi connectivity index (χ1) is 9.11. The third-order valence-electron chi connectivity index (χ3n) is 4.10. The van der Waals surface area contributed by atoms with Crippen molar-refractivity contribution in [3.8, 4) is 0 Å². The molecule has 19 heavy (non-hydrogen) atoms. The van der Waals surface area contributed by atoms with Crippen molar-refractivity contribution < 1.29 is 19.4 Å². The fraction of sp³-hybridized carbons (Fsp3) is 0.733. The van der Waals surface area contributed by atoms with Crippen LogP contribution < -0.4 is 0 Å². The van der Waals surface area contributed by atoms with E-state index in [0.717, 1.165) is 19.3 Å². The van der Waals surface area contributed by atoms with Crippen LogP contribution in [0.1, 0.15) is 45.4 Å². The second kappa shape index (κ2) is 6.33. The van der Waals surface area contributed by atoms with E-state index in [1.807, 2.05) is 0 Å². The van der Waals surface area contributed by atoms with Crippen molar-refractivity contribution in [2.45, 2.75) is 57.7 Å².